The zero-order valence-corrected chi connectivity index (χ0v) is 33.5. The Morgan fingerprint density at radius 3 is 2.42 bits per heavy atom. The van der Waals surface area contributed by atoms with E-state index in [0.29, 0.717) is 60.0 Å². The predicted molar refractivity (Wildman–Crippen MR) is 214 cm³/mol. The van der Waals surface area contributed by atoms with Crippen molar-refractivity contribution in [1.82, 2.24) is 24.7 Å². The Bertz CT molecular complexity index is 2350. The van der Waals surface area contributed by atoms with Gasteiger partial charge in [-0.15, -0.1) is 5.54 Å². The van der Waals surface area contributed by atoms with Gasteiger partial charge >= 0.3 is 0 Å². The number of hydrogen-bond donors (Lipinski definition) is 1. The van der Waals surface area contributed by atoms with E-state index >= 15 is 8.78 Å². The number of methoxy groups -OCH3 is 1. The number of benzene rings is 3. The molecule has 0 saturated carbocycles. The molecule has 0 amide bonds. The van der Waals surface area contributed by atoms with Crippen molar-refractivity contribution in [1.29, 1.82) is 0 Å². The molecule has 3 heterocycles. The number of halogens is 3. The summed E-state index contributed by atoms with van der Waals surface area (Å²) >= 11 is 7.52. The van der Waals surface area contributed by atoms with E-state index in [9.17, 15) is 0 Å². The van der Waals surface area contributed by atoms with E-state index in [4.69, 9.17) is 26.1 Å². The van der Waals surface area contributed by atoms with Crippen molar-refractivity contribution in [3.63, 3.8) is 0 Å². The van der Waals surface area contributed by atoms with Gasteiger partial charge in [0.2, 0.25) is 0 Å². The SMILES string of the molecule is COCOc1cc(-c2nc(Nc3cnn(-c4cccc(Cl)c4)c3)c3cnc(SC)nc3c2F)c2c(C#C[Si](C(C)C)(C(C)C)C(C)C)c(F)ccc2c1. The van der Waals surface area contributed by atoms with Crippen LogP contribution in [-0.4, -0.2) is 53.0 Å². The molecule has 0 bridgehead atoms. The Labute approximate surface area is 318 Å². The van der Waals surface area contributed by atoms with Gasteiger partial charge in [-0.2, -0.15) is 5.10 Å². The minimum Gasteiger partial charge on any atom is -0.468 e. The molecule has 0 atom stereocenters. The number of rotatable bonds is 11. The van der Waals surface area contributed by atoms with Gasteiger partial charge in [-0.1, -0.05) is 83.0 Å². The van der Waals surface area contributed by atoms with Gasteiger partial charge in [0.15, 0.2) is 17.8 Å². The van der Waals surface area contributed by atoms with Crippen molar-refractivity contribution in [3.05, 3.63) is 89.3 Å². The number of anilines is 2. The number of aromatic nitrogens is 5. The zero-order chi connectivity index (χ0) is 38.0. The molecule has 0 aliphatic rings. The number of ether oxygens (including phenoxy) is 2. The molecule has 0 unspecified atom stereocenters. The van der Waals surface area contributed by atoms with Crippen LogP contribution in [-0.2, 0) is 4.74 Å². The zero-order valence-electron chi connectivity index (χ0n) is 30.9. The summed E-state index contributed by atoms with van der Waals surface area (Å²) in [5.74, 6) is 2.79. The number of fused-ring (bicyclic) bond motifs is 2. The number of thioether (sulfide) groups is 1. The van der Waals surface area contributed by atoms with Crippen LogP contribution < -0.4 is 10.1 Å². The van der Waals surface area contributed by atoms with E-state index in [0.717, 1.165) is 5.69 Å². The summed E-state index contributed by atoms with van der Waals surface area (Å²) in [6, 6.07) is 13.8. The van der Waals surface area contributed by atoms with Crippen LogP contribution in [0.2, 0.25) is 21.6 Å². The van der Waals surface area contributed by atoms with Crippen LogP contribution >= 0.6 is 23.4 Å². The lowest BCUT2D eigenvalue weighted by molar-refractivity contribution is 0.0512. The highest BCUT2D eigenvalue weighted by atomic mass is 35.5. The highest BCUT2D eigenvalue weighted by molar-refractivity contribution is 7.98. The van der Waals surface area contributed by atoms with E-state index in [2.05, 4.69) is 73.4 Å². The quantitative estimate of drug-likeness (QED) is 0.0458. The molecular formula is C40H41ClF2N6O2SSi. The van der Waals surface area contributed by atoms with Crippen LogP contribution in [0.5, 0.6) is 5.75 Å². The van der Waals surface area contributed by atoms with E-state index in [1.165, 1.54) is 24.9 Å². The van der Waals surface area contributed by atoms with Crippen LogP contribution in [0, 0.1) is 23.1 Å². The van der Waals surface area contributed by atoms with Crippen LogP contribution in [0.1, 0.15) is 47.1 Å². The summed E-state index contributed by atoms with van der Waals surface area (Å²) in [6.07, 6.45) is 6.75. The molecule has 13 heteroatoms. The minimum atomic E-state index is -2.28. The average Bonchev–Trinajstić information content (AvgIpc) is 3.60. The number of hydrogen-bond acceptors (Lipinski definition) is 8. The molecule has 0 saturated heterocycles. The topological polar surface area (TPSA) is 87.0 Å². The summed E-state index contributed by atoms with van der Waals surface area (Å²) in [5, 5.41) is 10.1. The van der Waals surface area contributed by atoms with Crippen molar-refractivity contribution in [3.8, 4) is 34.2 Å². The molecule has 0 radical (unpaired) electrons. The second-order valence-electron chi connectivity index (χ2n) is 13.7. The highest BCUT2D eigenvalue weighted by Crippen LogP contribution is 2.43. The molecule has 8 nitrogen and oxygen atoms in total. The number of nitrogens with zero attached hydrogens (tertiary/aromatic N) is 5. The van der Waals surface area contributed by atoms with Crippen LogP contribution in [0.4, 0.5) is 20.3 Å². The standard InChI is InChI=1S/C40H41ClF2N6O2SSi/c1-23(2)53(24(3)4,25(5)6)15-14-31-34(42)13-12-26-16-30(51-22-50-7)18-32(35(26)31)37-36(43)38-33(20-44-40(48-38)52-8)39(47-37)46-28-19-45-49(21-28)29-11-9-10-27(41)17-29/h9-13,16-21,23-25H,22H2,1-8H3,(H,46,47). The Balaban J connectivity index is 1.63. The van der Waals surface area contributed by atoms with E-state index < -0.39 is 19.7 Å². The molecule has 274 valence electrons. The lowest BCUT2D eigenvalue weighted by atomic mass is 9.95. The van der Waals surface area contributed by atoms with E-state index in [1.807, 2.05) is 18.4 Å². The summed E-state index contributed by atoms with van der Waals surface area (Å²) in [5.41, 5.74) is 6.42. The lowest BCUT2D eigenvalue weighted by Gasteiger charge is -2.38. The van der Waals surface area contributed by atoms with Gasteiger partial charge < -0.3 is 14.8 Å². The summed E-state index contributed by atoms with van der Waals surface area (Å²) < 4.78 is 46.0. The Morgan fingerprint density at radius 1 is 0.981 bits per heavy atom. The third-order valence-corrected chi connectivity index (χ3v) is 16.8. The molecule has 0 aliphatic heterocycles. The van der Waals surface area contributed by atoms with Gasteiger partial charge in [-0.05, 0) is 64.7 Å². The summed E-state index contributed by atoms with van der Waals surface area (Å²) in [7, 11) is -0.772. The monoisotopic (exact) mass is 770 g/mol. The fraction of sp³-hybridized carbons (Fsp3) is 0.300. The third-order valence-electron chi connectivity index (χ3n) is 9.67. The molecule has 53 heavy (non-hydrogen) atoms. The fourth-order valence-electron chi connectivity index (χ4n) is 7.23. The third kappa shape index (κ3) is 7.49. The maximum atomic E-state index is 17.1. The van der Waals surface area contributed by atoms with Crippen molar-refractivity contribution < 1.29 is 18.3 Å². The van der Waals surface area contributed by atoms with Gasteiger partial charge in [-0.3, -0.25) is 0 Å². The van der Waals surface area contributed by atoms with Crippen LogP contribution in [0.3, 0.4) is 0 Å². The average molecular weight is 771 g/mol. The first-order valence-electron chi connectivity index (χ1n) is 17.3. The summed E-state index contributed by atoms with van der Waals surface area (Å²) in [6.45, 7) is 13.2. The molecule has 0 aliphatic carbocycles. The fourth-order valence-corrected chi connectivity index (χ4v) is 13.0. The Morgan fingerprint density at radius 2 is 1.74 bits per heavy atom. The van der Waals surface area contributed by atoms with Gasteiger partial charge in [0.05, 0.1) is 34.7 Å². The Hall–Kier alpha value is -4.54. The lowest BCUT2D eigenvalue weighted by Crippen LogP contribution is -2.43. The first kappa shape index (κ1) is 38.2. The molecule has 3 aromatic carbocycles. The molecule has 0 spiro atoms. The van der Waals surface area contributed by atoms with Crippen molar-refractivity contribution in [2.24, 2.45) is 0 Å². The predicted octanol–water partition coefficient (Wildman–Crippen LogP) is 11.0. The maximum absolute atomic E-state index is 17.1. The van der Waals surface area contributed by atoms with Gasteiger partial charge in [0, 0.05) is 29.3 Å². The van der Waals surface area contributed by atoms with Crippen molar-refractivity contribution >= 4 is 64.6 Å². The smallest absolute Gasteiger partial charge is 0.188 e. The second-order valence-corrected chi connectivity index (χ2v) is 20.5. The second kappa shape index (κ2) is 15.8. The van der Waals surface area contributed by atoms with Crippen LogP contribution in [0.15, 0.2) is 72.3 Å². The molecule has 6 aromatic rings. The molecular weight excluding hydrogens is 730 g/mol. The van der Waals surface area contributed by atoms with E-state index in [-0.39, 0.29) is 29.4 Å². The number of nitrogens with one attached hydrogen (secondary N) is 1. The van der Waals surface area contributed by atoms with Gasteiger partial charge in [0.25, 0.3) is 0 Å². The van der Waals surface area contributed by atoms with Crippen LogP contribution in [0.25, 0.3) is 38.6 Å². The first-order chi connectivity index (χ1) is 25.4. The highest BCUT2D eigenvalue weighted by Gasteiger charge is 2.41. The molecule has 0 fully saturated rings. The molecule has 3 aromatic heterocycles. The van der Waals surface area contributed by atoms with Crippen molar-refractivity contribution in [2.45, 2.75) is 63.3 Å². The first-order valence-corrected chi connectivity index (χ1v) is 21.1. The molecule has 1 N–H and O–H groups in total. The largest absolute Gasteiger partial charge is 0.468 e. The minimum absolute atomic E-state index is 0.0466. The Kier molecular flexibility index (Phi) is 11.4. The van der Waals surface area contributed by atoms with Crippen molar-refractivity contribution in [2.75, 3.05) is 25.5 Å². The normalized spacial score (nSPS) is 11.9. The number of pyridine rings is 1. The van der Waals surface area contributed by atoms with Gasteiger partial charge in [-0.25, -0.2) is 28.4 Å². The maximum Gasteiger partial charge on any atom is 0.188 e. The van der Waals surface area contributed by atoms with Gasteiger partial charge in [0.1, 0.15) is 36.7 Å². The summed E-state index contributed by atoms with van der Waals surface area (Å²) in [4.78, 5) is 13.9. The molecule has 6 rings (SSSR count). The van der Waals surface area contributed by atoms with E-state index in [1.54, 1.807) is 53.6 Å².